The zero-order valence-corrected chi connectivity index (χ0v) is 17.2. The van der Waals surface area contributed by atoms with Crippen molar-refractivity contribution in [2.75, 3.05) is 5.32 Å². The summed E-state index contributed by atoms with van der Waals surface area (Å²) in [6, 6.07) is 8.27. The molecule has 0 amide bonds. The lowest BCUT2D eigenvalue weighted by Crippen LogP contribution is -2.26. The summed E-state index contributed by atoms with van der Waals surface area (Å²) in [4.78, 5) is 29.2. The zero-order valence-electron chi connectivity index (χ0n) is 15.7. The Morgan fingerprint density at radius 1 is 1.21 bits per heavy atom. The van der Waals surface area contributed by atoms with Crippen molar-refractivity contribution >= 4 is 40.4 Å². The molecule has 0 spiro atoms. The lowest BCUT2D eigenvalue weighted by molar-refractivity contribution is 0.101. The largest absolute Gasteiger partial charge is 0.351 e. The van der Waals surface area contributed by atoms with Crippen molar-refractivity contribution in [2.24, 2.45) is 5.92 Å². The van der Waals surface area contributed by atoms with Crippen molar-refractivity contribution in [1.82, 2.24) is 14.8 Å². The van der Waals surface area contributed by atoms with E-state index in [1.54, 1.807) is 42.7 Å². The van der Waals surface area contributed by atoms with Crippen molar-refractivity contribution in [1.29, 1.82) is 0 Å². The Morgan fingerprint density at radius 2 is 1.93 bits per heavy atom. The normalized spacial score (nSPS) is 13.3. The van der Waals surface area contributed by atoms with E-state index in [9.17, 15) is 9.59 Å². The van der Waals surface area contributed by atoms with Gasteiger partial charge in [0.15, 0.2) is 5.78 Å². The molecule has 0 bridgehead atoms. The molecule has 1 aliphatic rings. The highest BCUT2D eigenvalue weighted by Gasteiger charge is 2.24. The number of carbonyl (C=O) groups is 1. The van der Waals surface area contributed by atoms with E-state index >= 15 is 0 Å². The van der Waals surface area contributed by atoms with E-state index in [1.165, 1.54) is 11.6 Å². The van der Waals surface area contributed by atoms with Crippen LogP contribution in [0.4, 0.5) is 11.4 Å². The molecule has 3 aromatic rings. The van der Waals surface area contributed by atoms with E-state index in [2.05, 4.69) is 15.4 Å². The lowest BCUT2D eigenvalue weighted by Gasteiger charge is -2.13. The topological polar surface area (TPSA) is 76.9 Å². The van der Waals surface area contributed by atoms with Gasteiger partial charge in [-0.1, -0.05) is 23.2 Å². The number of anilines is 2. The van der Waals surface area contributed by atoms with E-state index in [-0.39, 0.29) is 11.3 Å². The van der Waals surface area contributed by atoms with Crippen LogP contribution >= 0.6 is 23.2 Å². The first kappa shape index (κ1) is 19.6. The Balaban J connectivity index is 1.83. The molecule has 2 aromatic heterocycles. The molecule has 4 rings (SSSR count). The second-order valence-corrected chi connectivity index (χ2v) is 8.01. The molecular weight excluding hydrogens is 411 g/mol. The van der Waals surface area contributed by atoms with Crippen molar-refractivity contribution in [3.8, 4) is 11.3 Å². The second-order valence-electron chi connectivity index (χ2n) is 7.13. The van der Waals surface area contributed by atoms with Gasteiger partial charge in [-0.3, -0.25) is 14.6 Å². The van der Waals surface area contributed by atoms with Crippen LogP contribution < -0.4 is 10.9 Å². The molecule has 29 heavy (non-hydrogen) atoms. The van der Waals surface area contributed by atoms with Gasteiger partial charge in [0.05, 0.1) is 5.69 Å². The Morgan fingerprint density at radius 3 is 2.59 bits per heavy atom. The highest BCUT2D eigenvalue weighted by molar-refractivity contribution is 6.35. The number of carbonyl (C=O) groups excluding carboxylic acids is 1. The maximum absolute atomic E-state index is 13.0. The summed E-state index contributed by atoms with van der Waals surface area (Å²) in [6.07, 6.45) is 5.31. The smallest absolute Gasteiger partial charge is 0.290 e. The quantitative estimate of drug-likeness (QED) is 0.560. The number of rotatable bonds is 6. The number of Topliss-reactive ketones (excluding diaryl/α,β-unsaturated/α-hetero) is 1. The third-order valence-electron chi connectivity index (χ3n) is 4.72. The number of aromatic nitrogens is 3. The van der Waals surface area contributed by atoms with Gasteiger partial charge >= 0.3 is 0 Å². The first-order valence-electron chi connectivity index (χ1n) is 9.21. The molecule has 2 heterocycles. The predicted molar refractivity (Wildman–Crippen MR) is 114 cm³/mol. The third-order valence-corrected chi connectivity index (χ3v) is 5.16. The molecule has 8 heteroatoms. The fourth-order valence-electron chi connectivity index (χ4n) is 3.12. The van der Waals surface area contributed by atoms with Gasteiger partial charge in [0.25, 0.3) is 5.56 Å². The van der Waals surface area contributed by atoms with Gasteiger partial charge in [0.1, 0.15) is 5.69 Å². The maximum atomic E-state index is 13.0. The minimum atomic E-state index is -0.245. The van der Waals surface area contributed by atoms with Gasteiger partial charge < -0.3 is 5.32 Å². The van der Waals surface area contributed by atoms with Gasteiger partial charge in [-0.05, 0) is 56.0 Å². The molecule has 0 aliphatic heterocycles. The highest BCUT2D eigenvalue weighted by atomic mass is 35.5. The maximum Gasteiger partial charge on any atom is 0.290 e. The monoisotopic (exact) mass is 428 g/mol. The number of halogens is 2. The number of ketones is 1. The molecule has 0 radical (unpaired) electrons. The minimum absolute atomic E-state index is 0.0970. The van der Waals surface area contributed by atoms with E-state index in [4.69, 9.17) is 23.2 Å². The number of pyridine rings is 1. The fourth-order valence-corrected chi connectivity index (χ4v) is 3.64. The van der Waals surface area contributed by atoms with E-state index < -0.39 is 0 Å². The molecule has 1 aliphatic carbocycles. The third kappa shape index (κ3) is 4.49. The zero-order chi connectivity index (χ0) is 20.5. The van der Waals surface area contributed by atoms with Gasteiger partial charge in [-0.2, -0.15) is 5.10 Å². The first-order chi connectivity index (χ1) is 13.9. The van der Waals surface area contributed by atoms with Crippen LogP contribution in [-0.4, -0.2) is 20.5 Å². The van der Waals surface area contributed by atoms with Crippen LogP contribution in [0, 0.1) is 5.92 Å². The van der Waals surface area contributed by atoms with Crippen LogP contribution in [0.25, 0.3) is 11.3 Å². The van der Waals surface area contributed by atoms with Gasteiger partial charge in [0, 0.05) is 45.8 Å². The summed E-state index contributed by atoms with van der Waals surface area (Å²) >= 11 is 12.2. The Bertz CT molecular complexity index is 1140. The number of hydrogen-bond donors (Lipinski definition) is 1. The van der Waals surface area contributed by atoms with Gasteiger partial charge in [0.2, 0.25) is 0 Å². The molecule has 0 atom stereocenters. The van der Waals surface area contributed by atoms with Crippen molar-refractivity contribution in [2.45, 2.75) is 26.3 Å². The molecule has 148 valence electrons. The van der Waals surface area contributed by atoms with Crippen molar-refractivity contribution in [3.05, 3.63) is 68.7 Å². The van der Waals surface area contributed by atoms with Crippen molar-refractivity contribution in [3.63, 3.8) is 0 Å². The molecule has 1 N–H and O–H groups in total. The van der Waals surface area contributed by atoms with Crippen LogP contribution in [0.3, 0.4) is 0 Å². The molecule has 0 unspecified atom stereocenters. The minimum Gasteiger partial charge on any atom is -0.351 e. The number of hydrogen-bond acceptors (Lipinski definition) is 5. The van der Waals surface area contributed by atoms with Crippen molar-refractivity contribution < 1.29 is 4.79 Å². The average molecular weight is 429 g/mol. The van der Waals surface area contributed by atoms with E-state index in [0.29, 0.717) is 50.7 Å². The van der Waals surface area contributed by atoms with Gasteiger partial charge in [-0.15, -0.1) is 0 Å². The van der Waals surface area contributed by atoms with Crippen LogP contribution in [-0.2, 0) is 6.54 Å². The van der Waals surface area contributed by atoms with Crippen LogP contribution in [0.1, 0.15) is 30.1 Å². The molecule has 1 fully saturated rings. The Kier molecular flexibility index (Phi) is 5.39. The predicted octanol–water partition coefficient (Wildman–Crippen LogP) is 4.97. The average Bonchev–Trinajstić information content (AvgIpc) is 3.48. The van der Waals surface area contributed by atoms with Crippen LogP contribution in [0.2, 0.25) is 10.0 Å². The highest BCUT2D eigenvalue weighted by Crippen LogP contribution is 2.31. The number of nitrogens with one attached hydrogen (secondary N) is 1. The molecule has 1 aromatic carbocycles. The van der Waals surface area contributed by atoms with Crippen LogP contribution in [0.15, 0.2) is 47.5 Å². The fraction of sp³-hybridized carbons (Fsp3) is 0.238. The summed E-state index contributed by atoms with van der Waals surface area (Å²) in [5.41, 5.74) is 2.25. The summed E-state index contributed by atoms with van der Waals surface area (Å²) in [5, 5.41) is 8.54. The first-order valence-corrected chi connectivity index (χ1v) is 9.97. The summed E-state index contributed by atoms with van der Waals surface area (Å²) in [7, 11) is 0. The second kappa shape index (κ2) is 7.97. The van der Waals surface area contributed by atoms with E-state index in [1.807, 2.05) is 0 Å². The summed E-state index contributed by atoms with van der Waals surface area (Å²) in [5.74, 6) is 0.352. The number of benzene rings is 1. The number of nitrogens with zero attached hydrogens (tertiary/aromatic N) is 3. The standard InChI is InChI=1S/C21H18Cl2N4O2/c1-12(28)17-4-5-24-10-18(17)19-9-20(21(29)27(26-19)11-13-2-3-13)25-16-7-14(22)6-15(23)8-16/h4-10,13,25H,2-3,11H2,1H3. The Labute approximate surface area is 177 Å². The summed E-state index contributed by atoms with van der Waals surface area (Å²) in [6.45, 7) is 2.03. The van der Waals surface area contributed by atoms with E-state index in [0.717, 1.165) is 12.8 Å². The molecule has 0 saturated heterocycles. The SMILES string of the molecule is CC(=O)c1ccncc1-c1cc(Nc2cc(Cl)cc(Cl)c2)c(=O)n(CC2CC2)n1. The molecular formula is C21H18Cl2N4O2. The molecule has 6 nitrogen and oxygen atoms in total. The van der Waals surface area contributed by atoms with Crippen LogP contribution in [0.5, 0.6) is 0 Å². The lowest BCUT2D eigenvalue weighted by atomic mass is 10.0. The molecule has 1 saturated carbocycles. The van der Waals surface area contributed by atoms with Gasteiger partial charge in [-0.25, -0.2) is 4.68 Å². The Hall–Kier alpha value is -2.70. The summed E-state index contributed by atoms with van der Waals surface area (Å²) < 4.78 is 1.46.